The number of rotatable bonds is 1. The van der Waals surface area contributed by atoms with Crippen molar-refractivity contribution in [2.45, 2.75) is 115 Å². The number of aliphatic hydroxyl groups is 2. The summed E-state index contributed by atoms with van der Waals surface area (Å²) >= 11 is 0. The Balaban J connectivity index is 1.53. The van der Waals surface area contributed by atoms with Gasteiger partial charge in [0.2, 0.25) is 0 Å². The standard InChI is InChI=1S/C32H45NO8/c1-18-7-6-8-23-17-38-29-27(33-37)21(4)14-26(32(23,29)36)30(35)39-25-15-24(10-9-19(2)13-18)40-31(16-25)12-11-20(3)28(41-31)22(5)34/h6-9,14,18,20,22,24-26,28-29,34,36-37H,10-13,15-17H2,1-5H3/b7-6+,19-9+,23-8+,33-27+/t18-,20-,22?,24+,25-,26-,28-,29+,31+,32+/m0/s1. The maximum Gasteiger partial charge on any atom is 0.316 e. The van der Waals surface area contributed by atoms with E-state index in [-0.39, 0.29) is 36.4 Å². The van der Waals surface area contributed by atoms with Crippen molar-refractivity contribution in [2.24, 2.45) is 22.9 Å². The minimum Gasteiger partial charge on any atom is -0.462 e. The number of fused-ring (bicyclic) bond motifs is 2. The van der Waals surface area contributed by atoms with Crippen LogP contribution in [0.3, 0.4) is 0 Å². The van der Waals surface area contributed by atoms with Crippen molar-refractivity contribution in [3.05, 3.63) is 47.1 Å². The molecule has 1 unspecified atom stereocenters. The van der Waals surface area contributed by atoms with E-state index in [4.69, 9.17) is 18.9 Å². The van der Waals surface area contributed by atoms with Gasteiger partial charge in [0.05, 0.1) is 24.9 Å². The number of esters is 1. The van der Waals surface area contributed by atoms with Crippen LogP contribution in [0.5, 0.6) is 0 Å². The summed E-state index contributed by atoms with van der Waals surface area (Å²) in [5.41, 5.74) is 0.762. The molecule has 0 aromatic carbocycles. The Bertz CT molecular complexity index is 1170. The third-order valence-corrected chi connectivity index (χ3v) is 9.43. The first kappa shape index (κ1) is 30.2. The molecule has 1 aliphatic carbocycles. The lowest BCUT2D eigenvalue weighted by atomic mass is 9.71. The van der Waals surface area contributed by atoms with Crippen molar-refractivity contribution in [1.29, 1.82) is 0 Å². The van der Waals surface area contributed by atoms with Crippen LogP contribution in [0.4, 0.5) is 0 Å². The van der Waals surface area contributed by atoms with Crippen LogP contribution in [-0.2, 0) is 23.7 Å². The van der Waals surface area contributed by atoms with Gasteiger partial charge in [0.25, 0.3) is 0 Å². The summed E-state index contributed by atoms with van der Waals surface area (Å²) < 4.78 is 25.3. The van der Waals surface area contributed by atoms with Gasteiger partial charge >= 0.3 is 5.97 Å². The van der Waals surface area contributed by atoms with Crippen LogP contribution >= 0.6 is 0 Å². The largest absolute Gasteiger partial charge is 0.462 e. The fourth-order valence-corrected chi connectivity index (χ4v) is 7.26. The van der Waals surface area contributed by atoms with Crippen LogP contribution in [0.1, 0.15) is 73.1 Å². The van der Waals surface area contributed by atoms with Crippen LogP contribution in [0.15, 0.2) is 52.3 Å². The lowest BCUT2D eigenvalue weighted by Crippen LogP contribution is -2.58. The number of ether oxygens (including phenoxy) is 4. The first-order chi connectivity index (χ1) is 19.5. The SMILES string of the molecule is CC1=C[C@H]2C(=O)O[C@H]3C[C@@H](C/C=C(\C)C[C@@H](C)/C=C/C=C4\CO[C@H](/C1=N/O)[C@@]42O)O[C@@]1(CC[C@H](C)[C@@H](C(C)O)O1)C3. The first-order valence-electron chi connectivity index (χ1n) is 15.0. The molecular formula is C32H45NO8. The summed E-state index contributed by atoms with van der Waals surface area (Å²) in [5, 5.41) is 35.7. The maximum absolute atomic E-state index is 13.9. The zero-order valence-corrected chi connectivity index (χ0v) is 24.8. The minimum atomic E-state index is -1.75. The number of hydrogen-bond acceptors (Lipinski definition) is 9. The van der Waals surface area contributed by atoms with Crippen LogP contribution in [0.2, 0.25) is 0 Å². The van der Waals surface area contributed by atoms with E-state index in [1.165, 1.54) is 5.57 Å². The molecule has 3 N–H and O–H groups in total. The van der Waals surface area contributed by atoms with E-state index < -0.39 is 41.6 Å². The molecule has 0 amide bonds. The molecule has 5 rings (SSSR count). The Morgan fingerprint density at radius 2 is 1.95 bits per heavy atom. The van der Waals surface area contributed by atoms with E-state index in [2.05, 4.69) is 38.1 Å². The molecule has 5 aliphatic rings. The predicted octanol–water partition coefficient (Wildman–Crippen LogP) is 4.36. The second-order valence-corrected chi connectivity index (χ2v) is 12.9. The van der Waals surface area contributed by atoms with Crippen LogP contribution < -0.4 is 0 Å². The van der Waals surface area contributed by atoms with Gasteiger partial charge in [-0.2, -0.15) is 0 Å². The van der Waals surface area contributed by atoms with Gasteiger partial charge in [-0.1, -0.05) is 55.0 Å². The second-order valence-electron chi connectivity index (χ2n) is 12.9. The van der Waals surface area contributed by atoms with E-state index in [9.17, 15) is 20.2 Å². The summed E-state index contributed by atoms with van der Waals surface area (Å²) in [4.78, 5) is 13.9. The van der Waals surface area contributed by atoms with Crippen molar-refractivity contribution in [2.75, 3.05) is 6.61 Å². The zero-order chi connectivity index (χ0) is 29.5. The molecule has 3 fully saturated rings. The van der Waals surface area contributed by atoms with Gasteiger partial charge in [-0.25, -0.2) is 0 Å². The average Bonchev–Trinajstić information content (AvgIpc) is 3.24. The van der Waals surface area contributed by atoms with Crippen molar-refractivity contribution in [1.82, 2.24) is 0 Å². The number of nitrogens with zero attached hydrogens (tertiary/aromatic N) is 1. The highest BCUT2D eigenvalue weighted by atomic mass is 16.7. The van der Waals surface area contributed by atoms with Gasteiger partial charge in [0.1, 0.15) is 29.4 Å². The van der Waals surface area contributed by atoms with E-state index in [0.29, 0.717) is 36.8 Å². The summed E-state index contributed by atoms with van der Waals surface area (Å²) in [7, 11) is 0. The number of aliphatic hydroxyl groups excluding tert-OH is 1. The van der Waals surface area contributed by atoms with Gasteiger partial charge in [0.15, 0.2) is 5.79 Å². The Kier molecular flexibility index (Phi) is 8.66. The maximum atomic E-state index is 13.9. The number of oxime groups is 1. The highest BCUT2D eigenvalue weighted by molar-refractivity contribution is 6.06. The smallest absolute Gasteiger partial charge is 0.316 e. The van der Waals surface area contributed by atoms with Crippen molar-refractivity contribution in [3.63, 3.8) is 0 Å². The lowest BCUT2D eigenvalue weighted by Gasteiger charge is -2.50. The van der Waals surface area contributed by atoms with Gasteiger partial charge in [-0.3, -0.25) is 4.79 Å². The Labute approximate surface area is 242 Å². The predicted molar refractivity (Wildman–Crippen MR) is 152 cm³/mol. The van der Waals surface area contributed by atoms with Gasteiger partial charge in [0, 0.05) is 19.3 Å². The lowest BCUT2D eigenvalue weighted by molar-refractivity contribution is -0.343. The molecule has 4 heterocycles. The average molecular weight is 572 g/mol. The summed E-state index contributed by atoms with van der Waals surface area (Å²) in [5.74, 6) is -2.18. The molecule has 10 atom stereocenters. The molecule has 9 nitrogen and oxygen atoms in total. The van der Waals surface area contributed by atoms with Gasteiger partial charge in [-0.05, 0) is 63.0 Å². The minimum absolute atomic E-state index is 0.0952. The Morgan fingerprint density at radius 1 is 1.17 bits per heavy atom. The van der Waals surface area contributed by atoms with Gasteiger partial charge in [-0.15, -0.1) is 0 Å². The van der Waals surface area contributed by atoms with Crippen molar-refractivity contribution in [3.8, 4) is 0 Å². The molecule has 0 aromatic rings. The number of allylic oxidation sites excluding steroid dienone is 4. The van der Waals surface area contributed by atoms with Crippen molar-refractivity contribution >= 4 is 11.7 Å². The molecule has 0 saturated carbocycles. The molecule has 226 valence electrons. The fourth-order valence-electron chi connectivity index (χ4n) is 7.26. The molecule has 9 heteroatoms. The molecule has 1 spiro atoms. The number of hydrogen-bond donors (Lipinski definition) is 3. The number of carbonyl (C=O) groups excluding carboxylic acids is 1. The molecule has 4 aliphatic heterocycles. The molecule has 0 radical (unpaired) electrons. The topological polar surface area (TPSA) is 127 Å². The molecule has 2 bridgehead atoms. The quantitative estimate of drug-likeness (QED) is 0.183. The first-order valence-corrected chi connectivity index (χ1v) is 15.0. The normalized spacial score (nSPS) is 46.9. The third kappa shape index (κ3) is 5.84. The summed E-state index contributed by atoms with van der Waals surface area (Å²) in [6.45, 7) is 9.88. The zero-order valence-electron chi connectivity index (χ0n) is 24.8. The summed E-state index contributed by atoms with van der Waals surface area (Å²) in [6.07, 6.45) is 10.6. The molecular weight excluding hydrogens is 526 g/mol. The highest BCUT2D eigenvalue weighted by Crippen LogP contribution is 2.46. The van der Waals surface area contributed by atoms with E-state index >= 15 is 0 Å². The van der Waals surface area contributed by atoms with E-state index in [1.54, 1.807) is 26.0 Å². The summed E-state index contributed by atoms with van der Waals surface area (Å²) in [6, 6.07) is 0. The Hall–Kier alpha value is -2.30. The fraction of sp³-hybridized carbons (Fsp3) is 0.688. The van der Waals surface area contributed by atoms with Crippen molar-refractivity contribution < 1.29 is 39.2 Å². The second kappa shape index (κ2) is 11.8. The monoisotopic (exact) mass is 571 g/mol. The van der Waals surface area contributed by atoms with Crippen LogP contribution in [0, 0.1) is 17.8 Å². The van der Waals surface area contributed by atoms with Crippen LogP contribution in [0.25, 0.3) is 0 Å². The molecule has 3 saturated heterocycles. The number of carbonyl (C=O) groups is 1. The highest BCUT2D eigenvalue weighted by Gasteiger charge is 2.59. The Morgan fingerprint density at radius 3 is 2.68 bits per heavy atom. The van der Waals surface area contributed by atoms with Gasteiger partial charge < -0.3 is 34.4 Å². The third-order valence-electron chi connectivity index (χ3n) is 9.43. The molecule has 0 aromatic heterocycles. The van der Waals surface area contributed by atoms with Crippen LogP contribution in [-0.4, -0.2) is 75.6 Å². The van der Waals surface area contributed by atoms with E-state index in [0.717, 1.165) is 12.8 Å². The van der Waals surface area contributed by atoms with E-state index in [1.807, 2.05) is 6.08 Å². The molecule has 41 heavy (non-hydrogen) atoms.